The average Bonchev–Trinajstić information content (AvgIpc) is 2.65. The summed E-state index contributed by atoms with van der Waals surface area (Å²) < 4.78 is 5.61. The van der Waals surface area contributed by atoms with E-state index >= 15 is 0 Å². The molecule has 3 unspecified atom stereocenters. The molecule has 0 radical (unpaired) electrons. The lowest BCUT2D eigenvalue weighted by Crippen LogP contribution is -2.40. The summed E-state index contributed by atoms with van der Waals surface area (Å²) in [7, 11) is 0. The van der Waals surface area contributed by atoms with E-state index in [9.17, 15) is 4.79 Å². The van der Waals surface area contributed by atoms with Gasteiger partial charge in [-0.1, -0.05) is 34.1 Å². The Morgan fingerprint density at radius 3 is 2.40 bits per heavy atom. The maximum absolute atomic E-state index is 12.6. The van der Waals surface area contributed by atoms with E-state index in [0.717, 1.165) is 12.8 Å². The largest absolute Gasteiger partial charge is 0.377 e. The summed E-state index contributed by atoms with van der Waals surface area (Å²) >= 11 is 0. The number of nitrogens with one attached hydrogen (secondary N) is 1. The SMILES string of the molecule is CCC(C)C1NC(CC(C)C)N(CCOC(C)C)C1=O. The maximum Gasteiger partial charge on any atom is 0.241 e. The highest BCUT2D eigenvalue weighted by Gasteiger charge is 2.40. The molecule has 1 saturated heterocycles. The van der Waals surface area contributed by atoms with Gasteiger partial charge in [0.15, 0.2) is 0 Å². The van der Waals surface area contributed by atoms with E-state index in [0.29, 0.717) is 25.0 Å². The predicted octanol–water partition coefficient (Wildman–Crippen LogP) is 2.63. The van der Waals surface area contributed by atoms with Crippen LogP contribution in [-0.4, -0.2) is 42.3 Å². The molecule has 118 valence electrons. The Morgan fingerprint density at radius 2 is 1.90 bits per heavy atom. The third kappa shape index (κ3) is 4.74. The first kappa shape index (κ1) is 17.4. The van der Waals surface area contributed by atoms with Gasteiger partial charge in [-0.15, -0.1) is 0 Å². The zero-order valence-electron chi connectivity index (χ0n) is 14.0. The number of hydrogen-bond donors (Lipinski definition) is 1. The lowest BCUT2D eigenvalue weighted by atomic mass is 9.99. The van der Waals surface area contributed by atoms with Crippen molar-refractivity contribution in [2.24, 2.45) is 11.8 Å². The third-order valence-corrected chi connectivity index (χ3v) is 3.99. The van der Waals surface area contributed by atoms with Crippen LogP contribution < -0.4 is 5.32 Å². The highest BCUT2D eigenvalue weighted by atomic mass is 16.5. The maximum atomic E-state index is 12.6. The van der Waals surface area contributed by atoms with Crippen molar-refractivity contribution in [3.8, 4) is 0 Å². The molecule has 4 heteroatoms. The van der Waals surface area contributed by atoms with Crippen LogP contribution in [0.5, 0.6) is 0 Å². The van der Waals surface area contributed by atoms with Crippen molar-refractivity contribution in [2.75, 3.05) is 13.2 Å². The molecule has 0 aliphatic carbocycles. The molecule has 1 fully saturated rings. The second-order valence-corrected chi connectivity index (χ2v) is 6.63. The van der Waals surface area contributed by atoms with Crippen molar-refractivity contribution in [1.29, 1.82) is 0 Å². The van der Waals surface area contributed by atoms with Crippen molar-refractivity contribution in [3.05, 3.63) is 0 Å². The molecule has 1 rings (SSSR count). The standard InChI is InChI=1S/C16H32N2O2/c1-7-13(6)15-16(19)18(8-9-20-12(4)5)14(17-15)10-11(2)3/h11-15,17H,7-10H2,1-6H3. The molecular weight excluding hydrogens is 252 g/mol. The van der Waals surface area contributed by atoms with Crippen molar-refractivity contribution in [2.45, 2.75) is 72.7 Å². The van der Waals surface area contributed by atoms with E-state index in [4.69, 9.17) is 4.74 Å². The van der Waals surface area contributed by atoms with Gasteiger partial charge in [0.25, 0.3) is 0 Å². The smallest absolute Gasteiger partial charge is 0.241 e. The van der Waals surface area contributed by atoms with Crippen molar-refractivity contribution >= 4 is 5.91 Å². The lowest BCUT2D eigenvalue weighted by molar-refractivity contribution is -0.132. The Kier molecular flexibility index (Phi) is 6.96. The van der Waals surface area contributed by atoms with E-state index in [1.165, 1.54) is 0 Å². The Morgan fingerprint density at radius 1 is 1.25 bits per heavy atom. The Bertz CT molecular complexity index is 305. The summed E-state index contributed by atoms with van der Waals surface area (Å²) in [6.07, 6.45) is 2.40. The quantitative estimate of drug-likeness (QED) is 0.745. The number of carbonyl (C=O) groups excluding carboxylic acids is 1. The molecule has 0 aromatic rings. The summed E-state index contributed by atoms with van der Waals surface area (Å²) in [6, 6.07) is -0.0252. The van der Waals surface area contributed by atoms with Crippen LogP contribution in [0.4, 0.5) is 0 Å². The molecule has 1 amide bonds. The molecule has 0 aromatic heterocycles. The second-order valence-electron chi connectivity index (χ2n) is 6.63. The van der Waals surface area contributed by atoms with Crippen LogP contribution in [0, 0.1) is 11.8 Å². The fourth-order valence-corrected chi connectivity index (χ4v) is 2.64. The molecule has 1 aliphatic heterocycles. The first-order valence-corrected chi connectivity index (χ1v) is 8.04. The molecule has 1 N–H and O–H groups in total. The monoisotopic (exact) mass is 284 g/mol. The van der Waals surface area contributed by atoms with Gasteiger partial charge >= 0.3 is 0 Å². The third-order valence-electron chi connectivity index (χ3n) is 3.99. The van der Waals surface area contributed by atoms with Crippen molar-refractivity contribution < 1.29 is 9.53 Å². The van der Waals surface area contributed by atoms with Crippen LogP contribution in [0.2, 0.25) is 0 Å². The molecule has 0 aromatic carbocycles. The topological polar surface area (TPSA) is 41.6 Å². The van der Waals surface area contributed by atoms with Gasteiger partial charge in [0, 0.05) is 6.54 Å². The molecule has 3 atom stereocenters. The second kappa shape index (κ2) is 7.99. The number of hydrogen-bond acceptors (Lipinski definition) is 3. The van der Waals surface area contributed by atoms with E-state index in [1.807, 2.05) is 18.7 Å². The van der Waals surface area contributed by atoms with Gasteiger partial charge in [0.2, 0.25) is 5.91 Å². The van der Waals surface area contributed by atoms with Gasteiger partial charge in [0.05, 0.1) is 24.9 Å². The summed E-state index contributed by atoms with van der Waals surface area (Å²) in [6.45, 7) is 14.0. The molecular formula is C16H32N2O2. The first-order valence-electron chi connectivity index (χ1n) is 8.04. The number of carbonyl (C=O) groups is 1. The van der Waals surface area contributed by atoms with Gasteiger partial charge < -0.3 is 9.64 Å². The van der Waals surface area contributed by atoms with E-state index in [-0.39, 0.29) is 24.2 Å². The van der Waals surface area contributed by atoms with Gasteiger partial charge in [0.1, 0.15) is 0 Å². The average molecular weight is 284 g/mol. The van der Waals surface area contributed by atoms with Crippen LogP contribution in [0.3, 0.4) is 0 Å². The van der Waals surface area contributed by atoms with Crippen LogP contribution in [0.1, 0.15) is 54.4 Å². The van der Waals surface area contributed by atoms with Gasteiger partial charge in [-0.05, 0) is 32.1 Å². The fourth-order valence-electron chi connectivity index (χ4n) is 2.64. The van der Waals surface area contributed by atoms with Gasteiger partial charge in [-0.3, -0.25) is 10.1 Å². The minimum Gasteiger partial charge on any atom is -0.377 e. The highest BCUT2D eigenvalue weighted by Crippen LogP contribution is 2.22. The Balaban J connectivity index is 2.66. The number of nitrogens with zero attached hydrogens (tertiary/aromatic N) is 1. The number of amides is 1. The summed E-state index contributed by atoms with van der Waals surface area (Å²) in [5.74, 6) is 1.20. The molecule has 0 spiro atoms. The van der Waals surface area contributed by atoms with Crippen molar-refractivity contribution in [3.63, 3.8) is 0 Å². The minimum absolute atomic E-state index is 0.0252. The lowest BCUT2D eigenvalue weighted by Gasteiger charge is -2.25. The summed E-state index contributed by atoms with van der Waals surface area (Å²) in [4.78, 5) is 14.6. The zero-order chi connectivity index (χ0) is 15.3. The first-order chi connectivity index (χ1) is 9.36. The molecule has 1 heterocycles. The highest BCUT2D eigenvalue weighted by molar-refractivity contribution is 5.84. The Hall–Kier alpha value is -0.610. The van der Waals surface area contributed by atoms with E-state index in [1.54, 1.807) is 0 Å². The fraction of sp³-hybridized carbons (Fsp3) is 0.938. The number of ether oxygens (including phenoxy) is 1. The molecule has 0 saturated carbocycles. The normalized spacial score (nSPS) is 25.0. The molecule has 0 bridgehead atoms. The molecule has 1 aliphatic rings. The van der Waals surface area contributed by atoms with Gasteiger partial charge in [-0.2, -0.15) is 0 Å². The minimum atomic E-state index is -0.0252. The van der Waals surface area contributed by atoms with Crippen LogP contribution in [0.25, 0.3) is 0 Å². The summed E-state index contributed by atoms with van der Waals surface area (Å²) in [5.41, 5.74) is 0. The molecule has 4 nitrogen and oxygen atoms in total. The van der Waals surface area contributed by atoms with E-state index < -0.39 is 0 Å². The predicted molar refractivity (Wildman–Crippen MR) is 82.4 cm³/mol. The van der Waals surface area contributed by atoms with Crippen LogP contribution in [0.15, 0.2) is 0 Å². The van der Waals surface area contributed by atoms with Gasteiger partial charge in [-0.25, -0.2) is 0 Å². The van der Waals surface area contributed by atoms with Crippen molar-refractivity contribution in [1.82, 2.24) is 10.2 Å². The van der Waals surface area contributed by atoms with Crippen LogP contribution in [-0.2, 0) is 9.53 Å². The molecule has 20 heavy (non-hydrogen) atoms. The summed E-state index contributed by atoms with van der Waals surface area (Å²) in [5, 5.41) is 3.53. The Labute approximate surface area is 124 Å². The number of rotatable bonds is 8. The zero-order valence-corrected chi connectivity index (χ0v) is 14.0. The van der Waals surface area contributed by atoms with E-state index in [2.05, 4.69) is 33.0 Å². The van der Waals surface area contributed by atoms with Crippen LogP contribution >= 0.6 is 0 Å².